The van der Waals surface area contributed by atoms with Crippen molar-refractivity contribution in [2.45, 2.75) is 124 Å². The van der Waals surface area contributed by atoms with Crippen molar-refractivity contribution in [3.05, 3.63) is 113 Å². The lowest BCUT2D eigenvalue weighted by atomic mass is 9.63. The van der Waals surface area contributed by atoms with Gasteiger partial charge in [-0.3, -0.25) is 0 Å². The minimum atomic E-state index is -1.05. The normalized spacial score (nSPS) is 34.7. The third kappa shape index (κ3) is 8.71. The van der Waals surface area contributed by atoms with Crippen LogP contribution >= 0.6 is 0 Å². The molecule has 44 heavy (non-hydrogen) atoms. The van der Waals surface area contributed by atoms with Crippen LogP contribution in [0.1, 0.15) is 94.9 Å². The molecule has 240 valence electrons. The Balaban J connectivity index is 1.53. The number of fused-ring (bicyclic) bond motifs is 1. The number of epoxide rings is 1. The highest BCUT2D eigenvalue weighted by molar-refractivity contribution is 5.37. The van der Waals surface area contributed by atoms with Crippen LogP contribution in [-0.2, 0) is 4.74 Å². The largest absolute Gasteiger partial charge is 0.393 e. The Morgan fingerprint density at radius 3 is 1.73 bits per heavy atom. The van der Waals surface area contributed by atoms with Gasteiger partial charge in [0.05, 0.1) is 17.8 Å². The minimum Gasteiger partial charge on any atom is -0.393 e. The summed E-state index contributed by atoms with van der Waals surface area (Å²) in [5.74, 6) is 0. The Morgan fingerprint density at radius 1 is 0.682 bits per heavy atom. The van der Waals surface area contributed by atoms with E-state index in [4.69, 9.17) is 4.74 Å². The smallest absolute Gasteiger partial charge is 0.121 e. The summed E-state index contributed by atoms with van der Waals surface area (Å²) < 4.78 is 6.24. The van der Waals surface area contributed by atoms with E-state index >= 15 is 0 Å². The van der Waals surface area contributed by atoms with Crippen molar-refractivity contribution in [1.82, 2.24) is 0 Å². The maximum absolute atomic E-state index is 10.9. The number of hydrogen-bond donors (Lipinski definition) is 3. The molecule has 0 aromatic rings. The summed E-state index contributed by atoms with van der Waals surface area (Å²) in [4.78, 5) is 0. The molecule has 3 fully saturated rings. The Kier molecular flexibility index (Phi) is 11.2. The molecule has 3 rings (SSSR count). The molecule has 4 nitrogen and oxygen atoms in total. The van der Waals surface area contributed by atoms with Crippen molar-refractivity contribution < 1.29 is 20.1 Å². The molecule has 0 amide bonds. The molecule has 1 saturated heterocycles. The molecule has 1 heterocycles. The molecule has 0 spiro atoms. The molecule has 2 saturated carbocycles. The second kappa shape index (κ2) is 13.7. The van der Waals surface area contributed by atoms with Crippen LogP contribution in [0, 0.1) is 10.8 Å². The van der Waals surface area contributed by atoms with Gasteiger partial charge in [-0.05, 0) is 77.5 Å². The topological polar surface area (TPSA) is 73.2 Å². The SMILES string of the molecule is C\C(C=C=C1C(C)(C)C[C@H](O)C[C@@]1(C)O)=C/C=C/C(C)=C/C=C/C=C(C)/C=C/C=C(C)/C=C/[C@]12O[C@@]1(C)C[C@H](O)CC2(C)C. The summed E-state index contributed by atoms with van der Waals surface area (Å²) in [6.07, 6.45) is 28.5. The fourth-order valence-electron chi connectivity index (χ4n) is 7.25. The lowest BCUT2D eigenvalue weighted by Crippen LogP contribution is -2.46. The van der Waals surface area contributed by atoms with E-state index in [-0.39, 0.29) is 28.1 Å². The minimum absolute atomic E-state index is 0.103. The molecular weight excluding hydrogens is 544 g/mol. The fourth-order valence-corrected chi connectivity index (χ4v) is 7.25. The van der Waals surface area contributed by atoms with Crippen LogP contribution in [0.2, 0.25) is 0 Å². The van der Waals surface area contributed by atoms with Gasteiger partial charge in [-0.1, -0.05) is 111 Å². The van der Waals surface area contributed by atoms with E-state index in [2.05, 4.69) is 110 Å². The molecule has 0 aromatic carbocycles. The van der Waals surface area contributed by atoms with Gasteiger partial charge in [-0.15, -0.1) is 5.73 Å². The van der Waals surface area contributed by atoms with E-state index < -0.39 is 11.7 Å². The zero-order valence-corrected chi connectivity index (χ0v) is 28.7. The molecule has 1 aliphatic heterocycles. The number of rotatable bonds is 9. The van der Waals surface area contributed by atoms with Crippen LogP contribution in [0.5, 0.6) is 0 Å². The Bertz CT molecular complexity index is 1360. The first-order valence-corrected chi connectivity index (χ1v) is 16.0. The second-order valence-electron chi connectivity index (χ2n) is 15.0. The van der Waals surface area contributed by atoms with E-state index in [1.165, 1.54) is 0 Å². The molecule has 4 heteroatoms. The third-order valence-corrected chi connectivity index (χ3v) is 9.39. The summed E-state index contributed by atoms with van der Waals surface area (Å²) in [5, 5.41) is 31.2. The molecular formula is C40H56O4. The van der Waals surface area contributed by atoms with Crippen molar-refractivity contribution in [3.8, 4) is 0 Å². The van der Waals surface area contributed by atoms with Gasteiger partial charge in [0.15, 0.2) is 0 Å². The number of allylic oxidation sites excluding steroid dienone is 15. The van der Waals surface area contributed by atoms with Gasteiger partial charge in [-0.25, -0.2) is 0 Å². The quantitative estimate of drug-likeness (QED) is 0.141. The number of aliphatic hydroxyl groups is 3. The van der Waals surface area contributed by atoms with Gasteiger partial charge < -0.3 is 20.1 Å². The second-order valence-corrected chi connectivity index (χ2v) is 15.0. The molecule has 3 N–H and O–H groups in total. The van der Waals surface area contributed by atoms with Gasteiger partial charge in [0, 0.05) is 23.8 Å². The maximum atomic E-state index is 10.9. The summed E-state index contributed by atoms with van der Waals surface area (Å²) in [6.45, 7) is 20.6. The highest BCUT2D eigenvalue weighted by atomic mass is 16.6. The van der Waals surface area contributed by atoms with Crippen molar-refractivity contribution in [1.29, 1.82) is 0 Å². The molecule has 0 unspecified atom stereocenters. The molecule has 0 bridgehead atoms. The van der Waals surface area contributed by atoms with Crippen LogP contribution in [0.3, 0.4) is 0 Å². The first-order chi connectivity index (χ1) is 20.3. The van der Waals surface area contributed by atoms with E-state index in [0.29, 0.717) is 19.3 Å². The molecule has 2 aliphatic carbocycles. The van der Waals surface area contributed by atoms with Crippen LogP contribution in [-0.4, -0.2) is 44.3 Å². The fraction of sp³-hybridized carbons (Fsp3) is 0.525. The molecule has 0 aromatic heterocycles. The number of ether oxygens (including phenoxy) is 1. The lowest BCUT2D eigenvalue weighted by molar-refractivity contribution is -0.0268. The third-order valence-electron chi connectivity index (χ3n) is 9.39. The summed E-state index contributed by atoms with van der Waals surface area (Å²) in [6, 6.07) is 0. The summed E-state index contributed by atoms with van der Waals surface area (Å²) in [5.41, 5.74) is 6.63. The summed E-state index contributed by atoms with van der Waals surface area (Å²) in [7, 11) is 0. The number of aliphatic hydroxyl groups excluding tert-OH is 2. The van der Waals surface area contributed by atoms with Crippen LogP contribution in [0.4, 0.5) is 0 Å². The van der Waals surface area contributed by atoms with E-state index in [9.17, 15) is 15.3 Å². The lowest BCUT2D eigenvalue weighted by Gasteiger charge is -2.43. The summed E-state index contributed by atoms with van der Waals surface area (Å²) >= 11 is 0. The average molecular weight is 601 g/mol. The zero-order chi connectivity index (χ0) is 33.0. The van der Waals surface area contributed by atoms with Crippen LogP contribution in [0.15, 0.2) is 113 Å². The zero-order valence-electron chi connectivity index (χ0n) is 28.7. The highest BCUT2D eigenvalue weighted by Gasteiger charge is 2.74. The molecule has 3 aliphatic rings. The predicted molar refractivity (Wildman–Crippen MR) is 184 cm³/mol. The van der Waals surface area contributed by atoms with E-state index in [0.717, 1.165) is 34.3 Å². The van der Waals surface area contributed by atoms with Crippen molar-refractivity contribution in [2.75, 3.05) is 0 Å². The molecule has 0 radical (unpaired) electrons. The highest BCUT2D eigenvalue weighted by Crippen LogP contribution is 2.66. The van der Waals surface area contributed by atoms with E-state index in [1.54, 1.807) is 6.92 Å². The first-order valence-electron chi connectivity index (χ1n) is 16.0. The Hall–Kier alpha value is -2.72. The Morgan fingerprint density at radius 2 is 1.18 bits per heavy atom. The predicted octanol–water partition coefficient (Wildman–Crippen LogP) is 8.72. The average Bonchev–Trinajstić information content (AvgIpc) is 3.49. The van der Waals surface area contributed by atoms with Gasteiger partial charge in [0.2, 0.25) is 0 Å². The van der Waals surface area contributed by atoms with Gasteiger partial charge in [0.25, 0.3) is 0 Å². The van der Waals surface area contributed by atoms with Gasteiger partial charge >= 0.3 is 0 Å². The monoisotopic (exact) mass is 600 g/mol. The van der Waals surface area contributed by atoms with Crippen molar-refractivity contribution >= 4 is 0 Å². The standard InChI is InChI=1S/C40H56O4/c1-29(17-13-19-31(3)21-22-35-36(5,6)25-33(41)27-38(35,9)43)15-11-12-16-30(2)18-14-20-32(4)23-24-40-37(7,8)26-34(42)28-39(40,10)44-40/h11-21,23-24,33-34,41-43H,25-28H2,1-10H3/b12-11+,17-13+,18-14+,24-23+,29-15+,30-16+,31-19+,32-20+/t22?,33-,34+,38+,39-,40+/m0/s1. The van der Waals surface area contributed by atoms with E-state index in [1.807, 2.05) is 37.3 Å². The van der Waals surface area contributed by atoms with Crippen molar-refractivity contribution in [3.63, 3.8) is 0 Å². The first kappa shape index (κ1) is 35.8. The number of hydrogen-bond acceptors (Lipinski definition) is 4. The molecule has 5 atom stereocenters. The van der Waals surface area contributed by atoms with Gasteiger partial charge in [0.1, 0.15) is 11.2 Å². The maximum Gasteiger partial charge on any atom is 0.121 e. The van der Waals surface area contributed by atoms with Crippen LogP contribution < -0.4 is 0 Å². The van der Waals surface area contributed by atoms with Gasteiger partial charge in [-0.2, -0.15) is 0 Å². The van der Waals surface area contributed by atoms with Crippen LogP contribution in [0.25, 0.3) is 0 Å². The Labute approximate surface area is 267 Å². The van der Waals surface area contributed by atoms with Crippen molar-refractivity contribution in [2.24, 2.45) is 10.8 Å².